The topological polar surface area (TPSA) is 48.1 Å². The van der Waals surface area contributed by atoms with Crippen LogP contribution >= 0.6 is 0 Å². The van der Waals surface area contributed by atoms with Gasteiger partial charge >= 0.3 is 5.97 Å². The van der Waals surface area contributed by atoms with Gasteiger partial charge in [-0.25, -0.2) is 4.79 Å². The average molecular weight is 326 g/mol. The van der Waals surface area contributed by atoms with Crippen LogP contribution in [-0.4, -0.2) is 25.8 Å². The molecule has 2 aromatic carbocycles. The first-order valence-corrected chi connectivity index (χ1v) is 8.21. The van der Waals surface area contributed by atoms with E-state index in [1.165, 1.54) is 5.56 Å². The van der Waals surface area contributed by atoms with Crippen LogP contribution in [0, 0.1) is 6.92 Å². The van der Waals surface area contributed by atoms with Gasteiger partial charge in [0.25, 0.3) is 0 Å². The molecule has 0 aliphatic carbocycles. The Morgan fingerprint density at radius 2 is 1.92 bits per heavy atom. The summed E-state index contributed by atoms with van der Waals surface area (Å²) >= 11 is 0. The van der Waals surface area contributed by atoms with Crippen molar-refractivity contribution in [3.8, 4) is 16.9 Å². The molecule has 3 rings (SSSR count). The minimum atomic E-state index is -0.505. The minimum absolute atomic E-state index is 0.253. The van der Waals surface area contributed by atoms with Gasteiger partial charge in [-0.15, -0.1) is 0 Å². The third-order valence-corrected chi connectivity index (χ3v) is 4.10. The molecular weight excluding hydrogens is 304 g/mol. The van der Waals surface area contributed by atoms with E-state index in [1.807, 2.05) is 25.1 Å². The van der Waals surface area contributed by atoms with E-state index in [-0.39, 0.29) is 12.1 Å². The second kappa shape index (κ2) is 7.05. The lowest BCUT2D eigenvalue weighted by atomic mass is 9.95. The predicted octanol–water partition coefficient (Wildman–Crippen LogP) is 4.06. The van der Waals surface area contributed by atoms with E-state index in [0.29, 0.717) is 6.61 Å². The number of epoxide rings is 1. The van der Waals surface area contributed by atoms with Gasteiger partial charge in [-0.05, 0) is 42.2 Å². The highest BCUT2D eigenvalue weighted by Crippen LogP contribution is 2.44. The number of rotatable bonds is 6. The Bertz CT molecular complexity index is 721. The molecule has 0 amide bonds. The molecule has 0 N–H and O–H groups in total. The predicted molar refractivity (Wildman–Crippen MR) is 92.0 cm³/mol. The van der Waals surface area contributed by atoms with Gasteiger partial charge in [-0.2, -0.15) is 0 Å². The maximum absolute atomic E-state index is 12.0. The van der Waals surface area contributed by atoms with Crippen molar-refractivity contribution in [2.24, 2.45) is 0 Å². The molecule has 2 unspecified atom stereocenters. The first-order chi connectivity index (χ1) is 11.6. The molecule has 0 spiro atoms. The summed E-state index contributed by atoms with van der Waals surface area (Å²) in [5, 5.41) is 0. The Morgan fingerprint density at radius 3 is 2.58 bits per heavy atom. The zero-order valence-corrected chi connectivity index (χ0v) is 14.2. The molecule has 1 aliphatic heterocycles. The fourth-order valence-corrected chi connectivity index (χ4v) is 2.71. The molecule has 4 nitrogen and oxygen atoms in total. The average Bonchev–Trinajstić information content (AvgIpc) is 3.40. The van der Waals surface area contributed by atoms with Crippen LogP contribution in [0.5, 0.6) is 5.75 Å². The number of hydrogen-bond donors (Lipinski definition) is 0. The fraction of sp³-hybridized carbons (Fsp3) is 0.350. The molecule has 24 heavy (non-hydrogen) atoms. The molecule has 126 valence electrons. The lowest BCUT2D eigenvalue weighted by molar-refractivity contribution is -0.145. The lowest BCUT2D eigenvalue weighted by Crippen LogP contribution is -2.13. The lowest BCUT2D eigenvalue weighted by Gasteiger charge is -2.11. The van der Waals surface area contributed by atoms with Gasteiger partial charge in [0.1, 0.15) is 11.9 Å². The van der Waals surface area contributed by atoms with Gasteiger partial charge in [-0.3, -0.25) is 0 Å². The van der Waals surface area contributed by atoms with Crippen molar-refractivity contribution in [3.05, 3.63) is 53.6 Å². The van der Waals surface area contributed by atoms with E-state index >= 15 is 0 Å². The molecule has 0 bridgehead atoms. The summed E-state index contributed by atoms with van der Waals surface area (Å²) in [6.45, 7) is 4.45. The summed E-state index contributed by atoms with van der Waals surface area (Å²) in [7, 11) is 1.65. The van der Waals surface area contributed by atoms with E-state index in [2.05, 4.69) is 31.2 Å². The molecule has 2 atom stereocenters. The molecule has 4 heteroatoms. The van der Waals surface area contributed by atoms with Gasteiger partial charge in [-0.1, -0.05) is 42.8 Å². The van der Waals surface area contributed by atoms with Crippen LogP contribution in [0.1, 0.15) is 30.6 Å². The Labute approximate surface area is 142 Å². The number of ether oxygens (including phenoxy) is 3. The molecular formula is C20H22O4. The number of carbonyl (C=O) groups excluding carboxylic acids is 1. The Balaban J connectivity index is 1.89. The van der Waals surface area contributed by atoms with Crippen molar-refractivity contribution in [1.29, 1.82) is 0 Å². The monoisotopic (exact) mass is 326 g/mol. The smallest absolute Gasteiger partial charge is 0.338 e. The molecule has 1 saturated heterocycles. The van der Waals surface area contributed by atoms with E-state index in [9.17, 15) is 4.79 Å². The van der Waals surface area contributed by atoms with Crippen molar-refractivity contribution in [2.75, 3.05) is 13.7 Å². The largest absolute Gasteiger partial charge is 0.497 e. The van der Waals surface area contributed by atoms with Crippen LogP contribution in [0.3, 0.4) is 0 Å². The second-order valence-corrected chi connectivity index (χ2v) is 5.96. The third-order valence-electron chi connectivity index (χ3n) is 4.10. The molecule has 0 radical (unpaired) electrons. The first kappa shape index (κ1) is 16.5. The highest BCUT2D eigenvalue weighted by molar-refractivity contribution is 5.80. The second-order valence-electron chi connectivity index (χ2n) is 5.96. The summed E-state index contributed by atoms with van der Waals surface area (Å²) in [6, 6.07) is 14.1. The highest BCUT2D eigenvalue weighted by Gasteiger charge is 2.48. The van der Waals surface area contributed by atoms with Crippen molar-refractivity contribution >= 4 is 5.97 Å². The Morgan fingerprint density at radius 1 is 1.17 bits per heavy atom. The third kappa shape index (κ3) is 3.44. The van der Waals surface area contributed by atoms with Crippen LogP contribution < -0.4 is 4.74 Å². The van der Waals surface area contributed by atoms with Gasteiger partial charge in [0.15, 0.2) is 6.10 Å². The van der Waals surface area contributed by atoms with E-state index in [1.54, 1.807) is 7.11 Å². The van der Waals surface area contributed by atoms with E-state index in [0.717, 1.165) is 28.9 Å². The molecule has 1 heterocycles. The van der Waals surface area contributed by atoms with Gasteiger partial charge < -0.3 is 14.2 Å². The summed E-state index contributed by atoms with van der Waals surface area (Å²) in [5.74, 6) is 0.493. The van der Waals surface area contributed by atoms with Crippen LogP contribution in [0.4, 0.5) is 0 Å². The van der Waals surface area contributed by atoms with Crippen LogP contribution in [0.2, 0.25) is 0 Å². The number of benzene rings is 2. The fourth-order valence-electron chi connectivity index (χ4n) is 2.71. The van der Waals surface area contributed by atoms with Crippen LogP contribution in [0.25, 0.3) is 11.1 Å². The van der Waals surface area contributed by atoms with Crippen molar-refractivity contribution in [2.45, 2.75) is 32.5 Å². The molecule has 2 aromatic rings. The summed E-state index contributed by atoms with van der Waals surface area (Å²) in [4.78, 5) is 12.0. The van der Waals surface area contributed by atoms with Gasteiger partial charge in [0.05, 0.1) is 13.7 Å². The van der Waals surface area contributed by atoms with E-state index < -0.39 is 6.10 Å². The minimum Gasteiger partial charge on any atom is -0.497 e. The van der Waals surface area contributed by atoms with Gasteiger partial charge in [0, 0.05) is 0 Å². The number of aryl methyl sites for hydroxylation is 1. The normalized spacial score (nSPS) is 19.0. The molecule has 0 aromatic heterocycles. The summed E-state index contributed by atoms with van der Waals surface area (Å²) in [5.41, 5.74) is 4.28. The Hall–Kier alpha value is -2.33. The van der Waals surface area contributed by atoms with Crippen molar-refractivity contribution < 1.29 is 19.0 Å². The maximum atomic E-state index is 12.0. The zero-order chi connectivity index (χ0) is 17.1. The number of carbonyl (C=O) groups is 1. The van der Waals surface area contributed by atoms with Crippen LogP contribution in [0.15, 0.2) is 42.5 Å². The highest BCUT2D eigenvalue weighted by atomic mass is 16.6. The molecule has 1 aliphatic rings. The standard InChI is InChI=1S/C20H22O4/c1-4-11-23-20(21)19-18(24-19)16-10-9-15(22-3)12-17(16)14-7-5-13(2)6-8-14/h5-10,12,18-19H,4,11H2,1-3H3. The van der Waals surface area contributed by atoms with Gasteiger partial charge in [0.2, 0.25) is 0 Å². The summed E-state index contributed by atoms with van der Waals surface area (Å²) < 4.78 is 16.1. The first-order valence-electron chi connectivity index (χ1n) is 8.21. The molecule has 1 fully saturated rings. The quantitative estimate of drug-likeness (QED) is 0.593. The maximum Gasteiger partial charge on any atom is 0.338 e. The molecule has 0 saturated carbocycles. The summed E-state index contributed by atoms with van der Waals surface area (Å²) in [6.07, 6.45) is 0.0472. The zero-order valence-electron chi connectivity index (χ0n) is 14.2. The van der Waals surface area contributed by atoms with Crippen molar-refractivity contribution in [1.82, 2.24) is 0 Å². The SMILES string of the molecule is CCCOC(=O)C1OC1c1ccc(OC)cc1-c1ccc(C)cc1. The number of hydrogen-bond acceptors (Lipinski definition) is 4. The van der Waals surface area contributed by atoms with Crippen molar-refractivity contribution in [3.63, 3.8) is 0 Å². The van der Waals surface area contributed by atoms with Crippen LogP contribution in [-0.2, 0) is 14.3 Å². The Kier molecular flexibility index (Phi) is 4.86. The van der Waals surface area contributed by atoms with E-state index in [4.69, 9.17) is 14.2 Å². The number of esters is 1. The number of methoxy groups -OCH3 is 1.